The highest BCUT2D eigenvalue weighted by molar-refractivity contribution is 6.28. The van der Waals surface area contributed by atoms with Crippen molar-refractivity contribution in [3.8, 4) is 62.5 Å². The zero-order chi connectivity index (χ0) is 39.6. The number of hydrogen-bond acceptors (Lipinski definition) is 4. The van der Waals surface area contributed by atoms with Crippen LogP contribution in [0.4, 0.5) is 0 Å². The Morgan fingerprint density at radius 1 is 0.317 bits per heavy atom. The molecule has 0 atom stereocenters. The topological polar surface area (TPSA) is 60.9 Å². The summed E-state index contributed by atoms with van der Waals surface area (Å²) in [6, 6.07) is 72.0. The first kappa shape index (κ1) is 33.9. The van der Waals surface area contributed by atoms with E-state index in [0.29, 0.717) is 17.6 Å². The van der Waals surface area contributed by atoms with Crippen LogP contribution in [-0.4, -0.2) is 28.9 Å². The second-order valence-corrected chi connectivity index (χ2v) is 15.0. The van der Waals surface area contributed by atoms with Gasteiger partial charge in [-0.2, -0.15) is 9.97 Å². The Morgan fingerprint density at radius 3 is 1.45 bits per heavy atom. The van der Waals surface area contributed by atoms with E-state index in [1.165, 1.54) is 0 Å². The van der Waals surface area contributed by atoms with Gasteiger partial charge < -0.3 is 0 Å². The number of imidazole rings is 1. The summed E-state index contributed by atoms with van der Waals surface area (Å²) in [7, 11) is 0. The van der Waals surface area contributed by atoms with E-state index in [0.717, 1.165) is 93.9 Å². The lowest BCUT2D eigenvalue weighted by atomic mass is 9.99. The number of pyridine rings is 1. The number of hydrogen-bond donors (Lipinski definition) is 0. The molecule has 4 heterocycles. The molecular weight excluding hydrogens is 733 g/mol. The Morgan fingerprint density at radius 2 is 0.817 bits per heavy atom. The van der Waals surface area contributed by atoms with Gasteiger partial charge >= 0.3 is 0 Å². The van der Waals surface area contributed by atoms with E-state index in [4.69, 9.17) is 19.9 Å². The van der Waals surface area contributed by atoms with Gasteiger partial charge in [0, 0.05) is 43.8 Å². The van der Waals surface area contributed by atoms with Gasteiger partial charge in [-0.1, -0.05) is 194 Å². The molecule has 0 saturated heterocycles. The number of aromatic nitrogens is 6. The quantitative estimate of drug-likeness (QED) is 0.158. The molecule has 12 aromatic rings. The van der Waals surface area contributed by atoms with Crippen molar-refractivity contribution in [3.63, 3.8) is 0 Å². The maximum atomic E-state index is 5.57. The van der Waals surface area contributed by atoms with E-state index < -0.39 is 0 Å². The second kappa shape index (κ2) is 13.7. The van der Waals surface area contributed by atoms with E-state index in [2.05, 4.69) is 179 Å². The minimum Gasteiger partial charge on any atom is -0.291 e. The Labute approximate surface area is 345 Å². The van der Waals surface area contributed by atoms with Crippen molar-refractivity contribution >= 4 is 49.0 Å². The molecule has 280 valence electrons. The zero-order valence-corrected chi connectivity index (χ0v) is 32.3. The van der Waals surface area contributed by atoms with Crippen LogP contribution in [0.2, 0.25) is 0 Å². The summed E-state index contributed by atoms with van der Waals surface area (Å²) in [5, 5.41) is 5.52. The normalized spacial score (nSPS) is 11.7. The molecule has 0 aliphatic heterocycles. The Hall–Kier alpha value is -8.22. The summed E-state index contributed by atoms with van der Waals surface area (Å²) < 4.78 is 4.64. The summed E-state index contributed by atoms with van der Waals surface area (Å²) in [4.78, 5) is 21.4. The van der Waals surface area contributed by atoms with Gasteiger partial charge in [0.05, 0.1) is 27.8 Å². The van der Waals surface area contributed by atoms with Crippen molar-refractivity contribution in [1.29, 1.82) is 0 Å². The SMILES string of the molecule is c1ccc(-c2ccc3c4ccc5c6ccccc6n6c(-c7ccccc7)nc(-c7ccccc7)c6c5c4n(-c4nc(-c5ccccc5)nc(-c5ccccc5)n4)c3c2)cc1. The molecule has 4 aromatic heterocycles. The zero-order valence-electron chi connectivity index (χ0n) is 32.3. The number of para-hydroxylation sites is 1. The number of nitrogens with zero attached hydrogens (tertiary/aromatic N) is 6. The van der Waals surface area contributed by atoms with Gasteiger partial charge in [0.2, 0.25) is 5.95 Å². The van der Waals surface area contributed by atoms with Gasteiger partial charge in [-0.25, -0.2) is 9.97 Å². The fraction of sp³-hybridized carbons (Fsp3) is 0. The first-order valence-corrected chi connectivity index (χ1v) is 20.2. The van der Waals surface area contributed by atoms with Gasteiger partial charge in [0.25, 0.3) is 0 Å². The third-order valence-electron chi connectivity index (χ3n) is 11.6. The molecular formula is C54H34N6. The number of rotatable bonds is 6. The third kappa shape index (κ3) is 5.35. The molecule has 0 aliphatic carbocycles. The van der Waals surface area contributed by atoms with Crippen LogP contribution >= 0.6 is 0 Å². The van der Waals surface area contributed by atoms with Crippen molar-refractivity contribution in [2.75, 3.05) is 0 Å². The third-order valence-corrected chi connectivity index (χ3v) is 11.6. The Bertz CT molecular complexity index is 3500. The molecule has 0 spiro atoms. The van der Waals surface area contributed by atoms with Crippen LogP contribution in [0.25, 0.3) is 111 Å². The van der Waals surface area contributed by atoms with E-state index >= 15 is 0 Å². The molecule has 0 bridgehead atoms. The molecule has 8 aromatic carbocycles. The average Bonchev–Trinajstić information content (AvgIpc) is 3.90. The second-order valence-electron chi connectivity index (χ2n) is 15.0. The van der Waals surface area contributed by atoms with Gasteiger partial charge in [-0.05, 0) is 28.6 Å². The van der Waals surface area contributed by atoms with Gasteiger partial charge in [0.1, 0.15) is 5.82 Å². The minimum atomic E-state index is 0.538. The minimum absolute atomic E-state index is 0.538. The monoisotopic (exact) mass is 766 g/mol. The average molecular weight is 767 g/mol. The van der Waals surface area contributed by atoms with Crippen LogP contribution in [0, 0.1) is 0 Å². The van der Waals surface area contributed by atoms with Gasteiger partial charge in [-0.15, -0.1) is 0 Å². The predicted octanol–water partition coefficient (Wildman–Crippen LogP) is 13.3. The summed E-state index contributed by atoms with van der Waals surface area (Å²) in [5.74, 6) is 2.62. The van der Waals surface area contributed by atoms with E-state index in [-0.39, 0.29) is 0 Å². The molecule has 6 nitrogen and oxygen atoms in total. The standard InChI is InChI=1S/C54H34N6/c1-6-18-35(19-7-1)40-30-31-42-44-33-32-43-41-28-16-17-29-45(41)59-50(48(36-20-8-2-9-21-36)55-53(59)39-26-14-5-15-27-39)47(43)49(44)60(46(42)34-40)54-57-51(37-22-10-3-11-23-37)56-52(58-54)38-24-12-4-13-25-38/h1-34H. The Balaban J connectivity index is 1.32. The van der Waals surface area contributed by atoms with Crippen LogP contribution in [0.5, 0.6) is 0 Å². The van der Waals surface area contributed by atoms with Crippen molar-refractivity contribution in [2.45, 2.75) is 0 Å². The molecule has 0 fully saturated rings. The summed E-state index contributed by atoms with van der Waals surface area (Å²) in [5.41, 5.74) is 11.2. The van der Waals surface area contributed by atoms with Crippen LogP contribution in [0.1, 0.15) is 0 Å². The summed E-state index contributed by atoms with van der Waals surface area (Å²) >= 11 is 0. The molecule has 12 rings (SSSR count). The maximum Gasteiger partial charge on any atom is 0.238 e. The lowest BCUT2D eigenvalue weighted by molar-refractivity contribution is 0.955. The van der Waals surface area contributed by atoms with E-state index in [1.807, 2.05) is 36.4 Å². The van der Waals surface area contributed by atoms with Crippen molar-refractivity contribution in [1.82, 2.24) is 28.9 Å². The predicted molar refractivity (Wildman–Crippen MR) is 245 cm³/mol. The van der Waals surface area contributed by atoms with Crippen molar-refractivity contribution < 1.29 is 0 Å². The first-order chi connectivity index (χ1) is 29.8. The largest absolute Gasteiger partial charge is 0.291 e. The van der Waals surface area contributed by atoms with Gasteiger partial charge in [-0.3, -0.25) is 8.97 Å². The summed E-state index contributed by atoms with van der Waals surface area (Å²) in [6.45, 7) is 0. The van der Waals surface area contributed by atoms with Crippen LogP contribution in [0.15, 0.2) is 206 Å². The highest BCUT2D eigenvalue weighted by atomic mass is 15.2. The molecule has 6 heteroatoms. The molecule has 0 radical (unpaired) electrons. The van der Waals surface area contributed by atoms with Crippen LogP contribution < -0.4 is 0 Å². The van der Waals surface area contributed by atoms with Gasteiger partial charge in [0.15, 0.2) is 11.6 Å². The summed E-state index contributed by atoms with van der Waals surface area (Å²) in [6.07, 6.45) is 0. The van der Waals surface area contributed by atoms with Crippen molar-refractivity contribution in [3.05, 3.63) is 206 Å². The van der Waals surface area contributed by atoms with Crippen molar-refractivity contribution in [2.24, 2.45) is 0 Å². The number of fused-ring (bicyclic) bond motifs is 10. The molecule has 0 aliphatic rings. The fourth-order valence-electron chi connectivity index (χ4n) is 8.85. The number of benzene rings is 8. The van der Waals surface area contributed by atoms with E-state index in [9.17, 15) is 0 Å². The molecule has 0 N–H and O–H groups in total. The molecule has 0 saturated carbocycles. The highest BCUT2D eigenvalue weighted by Crippen LogP contribution is 2.45. The van der Waals surface area contributed by atoms with E-state index in [1.54, 1.807) is 0 Å². The maximum absolute atomic E-state index is 5.57. The molecule has 0 unspecified atom stereocenters. The lowest BCUT2D eigenvalue weighted by Crippen LogP contribution is -2.07. The Kier molecular flexibility index (Phi) is 7.74. The lowest BCUT2D eigenvalue weighted by Gasteiger charge is -2.15. The molecule has 0 amide bonds. The van der Waals surface area contributed by atoms with Crippen LogP contribution in [0.3, 0.4) is 0 Å². The van der Waals surface area contributed by atoms with Crippen LogP contribution in [-0.2, 0) is 0 Å². The molecule has 60 heavy (non-hydrogen) atoms. The first-order valence-electron chi connectivity index (χ1n) is 20.2. The fourth-order valence-corrected chi connectivity index (χ4v) is 8.85. The smallest absolute Gasteiger partial charge is 0.238 e. The highest BCUT2D eigenvalue weighted by Gasteiger charge is 2.26.